The number of piperidine rings is 1. The van der Waals surface area contributed by atoms with Gasteiger partial charge in [0, 0.05) is 24.0 Å². The molecule has 1 aliphatic heterocycles. The van der Waals surface area contributed by atoms with Gasteiger partial charge in [-0.1, -0.05) is 25.1 Å². The minimum atomic E-state index is 0.480. The molecule has 0 amide bonds. The summed E-state index contributed by atoms with van der Waals surface area (Å²) in [7, 11) is 0. The van der Waals surface area contributed by atoms with Crippen LogP contribution in [0.2, 0.25) is 0 Å². The van der Waals surface area contributed by atoms with Gasteiger partial charge in [-0.25, -0.2) is 0 Å². The number of pyridine rings is 1. The van der Waals surface area contributed by atoms with Crippen molar-refractivity contribution in [3.8, 4) is 0 Å². The van der Waals surface area contributed by atoms with Crippen molar-refractivity contribution in [2.75, 3.05) is 11.4 Å². The lowest BCUT2D eigenvalue weighted by Gasteiger charge is -2.46. The maximum absolute atomic E-state index is 6.00. The number of nitrogens with two attached hydrogens (primary N) is 1. The number of aromatic nitrogens is 1. The standard InChI is InChI=1S/C17H25N3S/c1-11-10-15(16(17(18)21)12(2)19-11)20-9-5-7-13-6-3-4-8-14(13)20/h10,13-14H,3-9H2,1-2H3,(H2,18,21). The quantitative estimate of drug-likeness (QED) is 0.849. The van der Waals surface area contributed by atoms with Crippen LogP contribution in [0, 0.1) is 19.8 Å². The summed E-state index contributed by atoms with van der Waals surface area (Å²) in [5.41, 5.74) is 10.2. The number of hydrogen-bond donors (Lipinski definition) is 1. The molecule has 1 aromatic heterocycles. The molecule has 0 bridgehead atoms. The summed E-state index contributed by atoms with van der Waals surface area (Å²) in [6.07, 6.45) is 8.09. The lowest BCUT2D eigenvalue weighted by molar-refractivity contribution is 0.243. The summed E-state index contributed by atoms with van der Waals surface area (Å²) in [5.74, 6) is 0.848. The smallest absolute Gasteiger partial charge is 0.107 e. The van der Waals surface area contributed by atoms with E-state index in [2.05, 4.69) is 22.9 Å². The number of hydrogen-bond acceptors (Lipinski definition) is 3. The molecule has 0 aromatic carbocycles. The van der Waals surface area contributed by atoms with Crippen molar-refractivity contribution >= 4 is 22.9 Å². The van der Waals surface area contributed by atoms with E-state index in [4.69, 9.17) is 18.0 Å². The van der Waals surface area contributed by atoms with E-state index in [1.54, 1.807) is 0 Å². The van der Waals surface area contributed by atoms with Crippen molar-refractivity contribution in [1.82, 2.24) is 4.98 Å². The van der Waals surface area contributed by atoms with Crippen molar-refractivity contribution in [2.45, 2.75) is 58.4 Å². The molecule has 1 saturated heterocycles. The molecule has 2 aliphatic rings. The minimum Gasteiger partial charge on any atom is -0.389 e. The third-order valence-electron chi connectivity index (χ3n) is 5.11. The van der Waals surface area contributed by atoms with Gasteiger partial charge in [0.15, 0.2) is 0 Å². The SMILES string of the molecule is Cc1cc(N2CCCC3CCCCC32)c(C(N)=S)c(C)n1. The predicted molar refractivity (Wildman–Crippen MR) is 91.9 cm³/mol. The number of rotatable bonds is 2. The number of nitrogens with zero attached hydrogens (tertiary/aromatic N) is 2. The first-order chi connectivity index (χ1) is 10.1. The van der Waals surface area contributed by atoms with Crippen LogP contribution in [-0.2, 0) is 0 Å². The van der Waals surface area contributed by atoms with Crippen LogP contribution in [0.3, 0.4) is 0 Å². The molecule has 114 valence electrons. The van der Waals surface area contributed by atoms with E-state index in [0.29, 0.717) is 11.0 Å². The van der Waals surface area contributed by atoms with E-state index in [1.165, 1.54) is 44.2 Å². The van der Waals surface area contributed by atoms with E-state index in [0.717, 1.165) is 29.4 Å². The highest BCUT2D eigenvalue weighted by Crippen LogP contribution is 2.39. The Morgan fingerprint density at radius 2 is 1.95 bits per heavy atom. The van der Waals surface area contributed by atoms with Gasteiger partial charge in [0.05, 0.1) is 11.3 Å². The van der Waals surface area contributed by atoms with Gasteiger partial charge in [-0.2, -0.15) is 0 Å². The number of thiocarbonyl (C=S) groups is 1. The molecule has 2 atom stereocenters. The van der Waals surface area contributed by atoms with Crippen LogP contribution in [0.4, 0.5) is 5.69 Å². The highest BCUT2D eigenvalue weighted by Gasteiger charge is 2.34. The van der Waals surface area contributed by atoms with Gasteiger partial charge in [-0.3, -0.25) is 4.98 Å². The lowest BCUT2D eigenvalue weighted by atomic mass is 9.78. The molecule has 2 fully saturated rings. The Labute approximate surface area is 132 Å². The van der Waals surface area contributed by atoms with Gasteiger partial charge in [0.1, 0.15) is 4.99 Å². The molecule has 2 unspecified atom stereocenters. The fourth-order valence-corrected chi connectivity index (χ4v) is 4.52. The van der Waals surface area contributed by atoms with Crippen LogP contribution in [0.1, 0.15) is 55.5 Å². The monoisotopic (exact) mass is 303 g/mol. The first-order valence-corrected chi connectivity index (χ1v) is 8.53. The topological polar surface area (TPSA) is 42.1 Å². The number of aryl methyl sites for hydroxylation is 2. The number of fused-ring (bicyclic) bond motifs is 1. The van der Waals surface area contributed by atoms with Gasteiger partial charge < -0.3 is 10.6 Å². The third kappa shape index (κ3) is 2.78. The second-order valence-corrected chi connectivity index (χ2v) is 6.99. The molecular formula is C17H25N3S. The molecule has 21 heavy (non-hydrogen) atoms. The van der Waals surface area contributed by atoms with Crippen LogP contribution in [0.15, 0.2) is 6.07 Å². The fraction of sp³-hybridized carbons (Fsp3) is 0.647. The highest BCUT2D eigenvalue weighted by atomic mass is 32.1. The van der Waals surface area contributed by atoms with E-state index in [1.807, 2.05) is 6.92 Å². The molecular weight excluding hydrogens is 278 g/mol. The molecule has 1 aromatic rings. The molecule has 1 saturated carbocycles. The second kappa shape index (κ2) is 5.91. The average Bonchev–Trinajstić information content (AvgIpc) is 2.45. The molecule has 2 heterocycles. The summed E-state index contributed by atoms with van der Waals surface area (Å²) in [6.45, 7) is 5.20. The largest absolute Gasteiger partial charge is 0.389 e. The van der Waals surface area contributed by atoms with Crippen molar-refractivity contribution in [2.24, 2.45) is 11.7 Å². The van der Waals surface area contributed by atoms with Gasteiger partial charge in [0.2, 0.25) is 0 Å². The number of anilines is 1. The maximum atomic E-state index is 6.00. The van der Waals surface area contributed by atoms with Gasteiger partial charge in [-0.15, -0.1) is 0 Å². The Morgan fingerprint density at radius 3 is 2.71 bits per heavy atom. The molecule has 0 spiro atoms. The minimum absolute atomic E-state index is 0.480. The molecule has 0 radical (unpaired) electrons. The van der Waals surface area contributed by atoms with Crippen molar-refractivity contribution in [3.63, 3.8) is 0 Å². The zero-order valence-electron chi connectivity index (χ0n) is 13.1. The Morgan fingerprint density at radius 1 is 1.24 bits per heavy atom. The summed E-state index contributed by atoms with van der Waals surface area (Å²) in [4.78, 5) is 7.63. The van der Waals surface area contributed by atoms with Crippen molar-refractivity contribution < 1.29 is 0 Å². The Hall–Kier alpha value is -1.16. The zero-order valence-corrected chi connectivity index (χ0v) is 13.9. The predicted octanol–water partition coefficient (Wildman–Crippen LogP) is 3.49. The van der Waals surface area contributed by atoms with Crippen LogP contribution in [0.25, 0.3) is 0 Å². The van der Waals surface area contributed by atoms with Crippen LogP contribution >= 0.6 is 12.2 Å². The average molecular weight is 303 g/mol. The Bertz CT molecular complexity index is 553. The maximum Gasteiger partial charge on any atom is 0.107 e. The Kier molecular flexibility index (Phi) is 4.16. The van der Waals surface area contributed by atoms with Crippen LogP contribution < -0.4 is 10.6 Å². The van der Waals surface area contributed by atoms with E-state index >= 15 is 0 Å². The summed E-state index contributed by atoms with van der Waals surface area (Å²) in [5, 5.41) is 0. The molecule has 2 N–H and O–H groups in total. The van der Waals surface area contributed by atoms with Gasteiger partial charge >= 0.3 is 0 Å². The van der Waals surface area contributed by atoms with E-state index < -0.39 is 0 Å². The fourth-order valence-electron chi connectivity index (χ4n) is 4.26. The summed E-state index contributed by atoms with van der Waals surface area (Å²) < 4.78 is 0. The van der Waals surface area contributed by atoms with Crippen molar-refractivity contribution in [3.05, 3.63) is 23.0 Å². The molecule has 3 rings (SSSR count). The summed E-state index contributed by atoms with van der Waals surface area (Å²) >= 11 is 5.31. The normalized spacial score (nSPS) is 25.5. The van der Waals surface area contributed by atoms with Crippen LogP contribution in [-0.4, -0.2) is 22.6 Å². The Balaban J connectivity index is 2.04. The first-order valence-electron chi connectivity index (χ1n) is 8.12. The lowest BCUT2D eigenvalue weighted by Crippen LogP contribution is -2.47. The zero-order chi connectivity index (χ0) is 15.0. The molecule has 3 nitrogen and oxygen atoms in total. The molecule has 1 aliphatic carbocycles. The van der Waals surface area contributed by atoms with E-state index in [9.17, 15) is 0 Å². The third-order valence-corrected chi connectivity index (χ3v) is 5.31. The van der Waals surface area contributed by atoms with Gasteiger partial charge in [-0.05, 0) is 51.5 Å². The van der Waals surface area contributed by atoms with Crippen molar-refractivity contribution in [1.29, 1.82) is 0 Å². The van der Waals surface area contributed by atoms with Gasteiger partial charge in [0.25, 0.3) is 0 Å². The first kappa shape index (κ1) is 14.8. The highest BCUT2D eigenvalue weighted by molar-refractivity contribution is 7.80. The molecule has 4 heteroatoms. The second-order valence-electron chi connectivity index (χ2n) is 6.55. The van der Waals surface area contributed by atoms with E-state index in [-0.39, 0.29) is 0 Å². The van der Waals surface area contributed by atoms with Crippen LogP contribution in [0.5, 0.6) is 0 Å². The summed E-state index contributed by atoms with van der Waals surface area (Å²) in [6, 6.07) is 2.85.